The number of nitrogens with one attached hydrogen (secondary N) is 1. The fourth-order valence-electron chi connectivity index (χ4n) is 0.885. The Morgan fingerprint density at radius 1 is 1.62 bits per heavy atom. The van der Waals surface area contributed by atoms with Crippen molar-refractivity contribution in [3.8, 4) is 6.07 Å². The zero-order valence-electron chi connectivity index (χ0n) is 6.54. The second kappa shape index (κ2) is 3.65. The normalized spacial score (nSPS) is 9.00. The zero-order valence-corrected chi connectivity index (χ0v) is 6.54. The van der Waals surface area contributed by atoms with E-state index >= 15 is 0 Å². The molecule has 0 saturated carbocycles. The molecule has 5 heteroatoms. The molecule has 0 radical (unpaired) electrons. The largest absolute Gasteiger partial charge is 0.290 e. The zero-order chi connectivity index (χ0) is 9.84. The van der Waals surface area contributed by atoms with E-state index in [1.54, 1.807) is 6.07 Å². The highest BCUT2D eigenvalue weighted by molar-refractivity contribution is 5.96. The molecule has 0 aliphatic rings. The first-order valence-electron chi connectivity index (χ1n) is 3.39. The summed E-state index contributed by atoms with van der Waals surface area (Å²) in [7, 11) is 0. The maximum atomic E-state index is 12.6. The van der Waals surface area contributed by atoms with Gasteiger partial charge < -0.3 is 0 Å². The highest BCUT2D eigenvalue weighted by atomic mass is 19.1. The van der Waals surface area contributed by atoms with E-state index in [2.05, 4.69) is 0 Å². The van der Waals surface area contributed by atoms with E-state index in [0.29, 0.717) is 0 Å². The van der Waals surface area contributed by atoms with Crippen molar-refractivity contribution in [2.75, 3.05) is 0 Å². The highest BCUT2D eigenvalue weighted by Crippen LogP contribution is 2.09. The van der Waals surface area contributed by atoms with Crippen LogP contribution in [0.3, 0.4) is 0 Å². The van der Waals surface area contributed by atoms with Gasteiger partial charge in [-0.15, -0.1) is 0 Å². The van der Waals surface area contributed by atoms with E-state index in [4.69, 9.17) is 11.1 Å². The van der Waals surface area contributed by atoms with Crippen LogP contribution in [0, 0.1) is 17.1 Å². The number of nitrogens with zero attached hydrogens (tertiary/aromatic N) is 1. The quantitative estimate of drug-likeness (QED) is 0.369. The van der Waals surface area contributed by atoms with Crippen molar-refractivity contribution in [3.63, 3.8) is 0 Å². The van der Waals surface area contributed by atoms with Crippen LogP contribution in [0.2, 0.25) is 0 Å². The van der Waals surface area contributed by atoms with Crippen LogP contribution in [0.15, 0.2) is 18.2 Å². The van der Waals surface area contributed by atoms with Gasteiger partial charge in [0.15, 0.2) is 0 Å². The van der Waals surface area contributed by atoms with Crippen molar-refractivity contribution in [1.29, 1.82) is 5.26 Å². The number of nitriles is 1. The van der Waals surface area contributed by atoms with Gasteiger partial charge in [0, 0.05) is 0 Å². The Labute approximate surface area is 73.7 Å². The SMILES string of the molecule is N#Cc1cc(F)ccc1C(=O)NN. The van der Waals surface area contributed by atoms with Crippen LogP contribution < -0.4 is 11.3 Å². The molecule has 0 atom stereocenters. The fraction of sp³-hybridized carbons (Fsp3) is 0. The number of halogens is 1. The molecule has 0 heterocycles. The number of rotatable bonds is 1. The molecular formula is C8H6FN3O. The predicted molar refractivity (Wildman–Crippen MR) is 42.8 cm³/mol. The van der Waals surface area contributed by atoms with Gasteiger partial charge >= 0.3 is 0 Å². The van der Waals surface area contributed by atoms with Crippen molar-refractivity contribution in [2.45, 2.75) is 0 Å². The first kappa shape index (κ1) is 9.16. The van der Waals surface area contributed by atoms with Crippen molar-refractivity contribution in [2.24, 2.45) is 5.84 Å². The van der Waals surface area contributed by atoms with Gasteiger partial charge in [0.1, 0.15) is 11.9 Å². The average molecular weight is 179 g/mol. The number of amides is 1. The number of carbonyl (C=O) groups is 1. The lowest BCUT2D eigenvalue weighted by atomic mass is 10.1. The van der Waals surface area contributed by atoms with E-state index < -0.39 is 11.7 Å². The van der Waals surface area contributed by atoms with E-state index in [9.17, 15) is 9.18 Å². The summed E-state index contributed by atoms with van der Waals surface area (Å²) < 4.78 is 12.6. The minimum Gasteiger partial charge on any atom is -0.290 e. The molecular weight excluding hydrogens is 173 g/mol. The van der Waals surface area contributed by atoms with E-state index in [0.717, 1.165) is 12.1 Å². The predicted octanol–water partition coefficient (Wildman–Crippen LogP) is 0.301. The van der Waals surface area contributed by atoms with Crippen LogP contribution in [0.1, 0.15) is 15.9 Å². The van der Waals surface area contributed by atoms with Gasteiger partial charge in [-0.05, 0) is 18.2 Å². The third-order valence-corrected chi connectivity index (χ3v) is 1.48. The van der Waals surface area contributed by atoms with Gasteiger partial charge in [-0.1, -0.05) is 0 Å². The van der Waals surface area contributed by atoms with Gasteiger partial charge in [0.05, 0.1) is 11.1 Å². The van der Waals surface area contributed by atoms with Crippen LogP contribution >= 0.6 is 0 Å². The Bertz CT molecular complexity index is 383. The Kier molecular flexibility index (Phi) is 2.57. The van der Waals surface area contributed by atoms with Crippen molar-refractivity contribution in [1.82, 2.24) is 5.43 Å². The van der Waals surface area contributed by atoms with E-state index in [1.807, 2.05) is 5.43 Å². The average Bonchev–Trinajstić information content (AvgIpc) is 2.16. The molecule has 1 amide bonds. The van der Waals surface area contributed by atoms with Crippen LogP contribution in [-0.4, -0.2) is 5.91 Å². The molecule has 0 spiro atoms. The van der Waals surface area contributed by atoms with Crippen LogP contribution in [0.5, 0.6) is 0 Å². The van der Waals surface area contributed by atoms with Crippen molar-refractivity contribution >= 4 is 5.91 Å². The number of carbonyl (C=O) groups excluding carboxylic acids is 1. The monoisotopic (exact) mass is 179 g/mol. The molecule has 3 N–H and O–H groups in total. The fourth-order valence-corrected chi connectivity index (χ4v) is 0.885. The molecule has 13 heavy (non-hydrogen) atoms. The third-order valence-electron chi connectivity index (χ3n) is 1.48. The molecule has 0 aromatic heterocycles. The van der Waals surface area contributed by atoms with Crippen molar-refractivity contribution < 1.29 is 9.18 Å². The summed E-state index contributed by atoms with van der Waals surface area (Å²) in [4.78, 5) is 11.0. The lowest BCUT2D eigenvalue weighted by Gasteiger charge is -2.00. The van der Waals surface area contributed by atoms with E-state index in [1.165, 1.54) is 6.07 Å². The van der Waals surface area contributed by atoms with Gasteiger partial charge in [0.2, 0.25) is 0 Å². The minimum atomic E-state index is -0.614. The number of hydrogen-bond donors (Lipinski definition) is 2. The van der Waals surface area contributed by atoms with Gasteiger partial charge in [0.25, 0.3) is 5.91 Å². The Balaban J connectivity index is 3.23. The number of nitrogens with two attached hydrogens (primary N) is 1. The van der Waals surface area contributed by atoms with E-state index in [-0.39, 0.29) is 11.1 Å². The molecule has 0 fully saturated rings. The first-order valence-corrected chi connectivity index (χ1v) is 3.39. The maximum absolute atomic E-state index is 12.6. The van der Waals surface area contributed by atoms with Gasteiger partial charge in [-0.3, -0.25) is 10.2 Å². The smallest absolute Gasteiger partial charge is 0.266 e. The molecule has 1 rings (SSSR count). The highest BCUT2D eigenvalue weighted by Gasteiger charge is 2.10. The molecule has 0 bridgehead atoms. The second-order valence-electron chi connectivity index (χ2n) is 2.28. The maximum Gasteiger partial charge on any atom is 0.266 e. The Hall–Kier alpha value is -1.93. The summed E-state index contributed by atoms with van der Waals surface area (Å²) in [5.74, 6) is 3.68. The lowest BCUT2D eigenvalue weighted by Crippen LogP contribution is -2.30. The summed E-state index contributed by atoms with van der Waals surface area (Å²) in [6.07, 6.45) is 0. The topological polar surface area (TPSA) is 78.9 Å². The Morgan fingerprint density at radius 2 is 2.31 bits per heavy atom. The number of hydrazine groups is 1. The third kappa shape index (κ3) is 1.80. The molecule has 0 aliphatic carbocycles. The van der Waals surface area contributed by atoms with Crippen LogP contribution in [-0.2, 0) is 0 Å². The molecule has 0 unspecified atom stereocenters. The number of benzene rings is 1. The second-order valence-corrected chi connectivity index (χ2v) is 2.28. The molecule has 1 aromatic carbocycles. The lowest BCUT2D eigenvalue weighted by molar-refractivity contribution is 0.0953. The number of hydrogen-bond acceptors (Lipinski definition) is 3. The summed E-state index contributed by atoms with van der Waals surface area (Å²) in [6, 6.07) is 4.97. The van der Waals surface area contributed by atoms with Crippen molar-refractivity contribution in [3.05, 3.63) is 35.1 Å². The molecule has 0 aliphatic heterocycles. The standard InChI is InChI=1S/C8H6FN3O/c9-6-1-2-7(8(13)12-11)5(3-6)4-10/h1-3H,11H2,(H,12,13). The molecule has 1 aromatic rings. The van der Waals surface area contributed by atoms with Gasteiger partial charge in [-0.25, -0.2) is 10.2 Å². The molecule has 4 nitrogen and oxygen atoms in total. The number of nitrogen functional groups attached to an aromatic ring is 1. The molecule has 0 saturated heterocycles. The first-order chi connectivity index (χ1) is 6.19. The van der Waals surface area contributed by atoms with Gasteiger partial charge in [-0.2, -0.15) is 5.26 Å². The summed E-state index contributed by atoms with van der Waals surface area (Å²) in [5, 5.41) is 8.55. The van der Waals surface area contributed by atoms with Crippen LogP contribution in [0.25, 0.3) is 0 Å². The molecule has 66 valence electrons. The summed E-state index contributed by atoms with van der Waals surface area (Å²) in [6.45, 7) is 0. The summed E-state index contributed by atoms with van der Waals surface area (Å²) in [5.41, 5.74) is 1.89. The summed E-state index contributed by atoms with van der Waals surface area (Å²) >= 11 is 0. The minimum absolute atomic E-state index is 0.0389. The Morgan fingerprint density at radius 3 is 2.85 bits per heavy atom. The van der Waals surface area contributed by atoms with Crippen LogP contribution in [0.4, 0.5) is 4.39 Å².